The summed E-state index contributed by atoms with van der Waals surface area (Å²) in [6, 6.07) is 9.88. The molecule has 3 aliphatic rings. The van der Waals surface area contributed by atoms with Crippen LogP contribution in [-0.4, -0.2) is 54.4 Å². The molecular formula is C24H29FN4O2S2. The number of hydrogen-bond acceptors (Lipinski definition) is 5. The summed E-state index contributed by atoms with van der Waals surface area (Å²) in [5.41, 5.74) is 1.29. The van der Waals surface area contributed by atoms with Crippen LogP contribution in [0, 0.1) is 5.82 Å². The number of rotatable bonds is 7. The third-order valence-electron chi connectivity index (χ3n) is 6.56. The largest absolute Gasteiger partial charge is 0.442 e. The third-order valence-corrected chi connectivity index (χ3v) is 7.68. The van der Waals surface area contributed by atoms with E-state index in [9.17, 15) is 4.79 Å². The van der Waals surface area contributed by atoms with Crippen molar-refractivity contribution in [2.45, 2.75) is 50.3 Å². The fourth-order valence-electron chi connectivity index (χ4n) is 4.55. The number of amides is 1. The predicted molar refractivity (Wildman–Crippen MR) is 132 cm³/mol. The van der Waals surface area contributed by atoms with Crippen LogP contribution < -0.4 is 15.5 Å². The van der Waals surface area contributed by atoms with Gasteiger partial charge in [0, 0.05) is 17.5 Å². The molecule has 1 unspecified atom stereocenters. The average Bonchev–Trinajstić information content (AvgIpc) is 3.31. The number of carbonyl (C=O) groups excluding carboxylic acids is 1. The van der Waals surface area contributed by atoms with E-state index >= 15 is 4.39 Å². The number of likely N-dealkylation sites (tertiary alicyclic amines) is 1. The van der Waals surface area contributed by atoms with Crippen LogP contribution >= 0.6 is 23.6 Å². The number of cyclic esters (lactones) is 1. The van der Waals surface area contributed by atoms with E-state index in [1.807, 2.05) is 12.1 Å². The highest BCUT2D eigenvalue weighted by atomic mass is 32.1. The van der Waals surface area contributed by atoms with Gasteiger partial charge in [0.1, 0.15) is 11.9 Å². The Morgan fingerprint density at radius 3 is 2.73 bits per heavy atom. The number of piperidine rings is 1. The maximum Gasteiger partial charge on any atom is 0.414 e. The van der Waals surface area contributed by atoms with E-state index in [1.165, 1.54) is 15.8 Å². The standard InChI is InChI=1S/C24H29FN4O2S2/c25-22-12-18(29-14-19(31-24(29)30)13-26-23(32)27-17-3-4-17)5-6-21(22)16-7-9-28(10-8-16)15-20-2-1-11-33-20/h1-2,5-6,11-12,16-17,19H,3-4,7-10,13-15H2,(H2,26,27,32). The van der Waals surface area contributed by atoms with Gasteiger partial charge in [0.15, 0.2) is 5.11 Å². The second-order valence-electron chi connectivity index (χ2n) is 9.08. The Morgan fingerprint density at radius 2 is 2.03 bits per heavy atom. The Bertz CT molecular complexity index is 990. The average molecular weight is 489 g/mol. The minimum atomic E-state index is -0.447. The number of benzene rings is 1. The van der Waals surface area contributed by atoms with E-state index in [0.29, 0.717) is 29.9 Å². The van der Waals surface area contributed by atoms with Crippen molar-refractivity contribution in [2.75, 3.05) is 31.1 Å². The van der Waals surface area contributed by atoms with Gasteiger partial charge in [-0.15, -0.1) is 11.3 Å². The second-order valence-corrected chi connectivity index (χ2v) is 10.5. The first-order valence-electron chi connectivity index (χ1n) is 11.6. The lowest BCUT2D eigenvalue weighted by Gasteiger charge is -2.32. The fourth-order valence-corrected chi connectivity index (χ4v) is 5.55. The first-order chi connectivity index (χ1) is 16.0. The monoisotopic (exact) mass is 488 g/mol. The number of halogens is 1. The molecule has 3 fully saturated rings. The van der Waals surface area contributed by atoms with E-state index in [4.69, 9.17) is 17.0 Å². The van der Waals surface area contributed by atoms with Gasteiger partial charge in [-0.25, -0.2) is 9.18 Å². The second kappa shape index (κ2) is 9.95. The Morgan fingerprint density at radius 1 is 1.21 bits per heavy atom. The molecule has 0 radical (unpaired) electrons. The van der Waals surface area contributed by atoms with Gasteiger partial charge in [-0.2, -0.15) is 0 Å². The number of thiocarbonyl (C=S) groups is 1. The molecule has 2 N–H and O–H groups in total. The number of nitrogens with one attached hydrogen (secondary N) is 2. The van der Waals surface area contributed by atoms with Crippen molar-refractivity contribution < 1.29 is 13.9 Å². The van der Waals surface area contributed by atoms with Gasteiger partial charge < -0.3 is 15.4 Å². The summed E-state index contributed by atoms with van der Waals surface area (Å²) in [7, 11) is 0. The highest BCUT2D eigenvalue weighted by molar-refractivity contribution is 7.80. The van der Waals surface area contributed by atoms with Crippen molar-refractivity contribution in [3.63, 3.8) is 0 Å². The highest BCUT2D eigenvalue weighted by Crippen LogP contribution is 2.33. The Kier molecular flexibility index (Phi) is 6.80. The van der Waals surface area contributed by atoms with Gasteiger partial charge in [0.05, 0.1) is 18.8 Å². The Balaban J connectivity index is 1.14. The zero-order valence-corrected chi connectivity index (χ0v) is 20.1. The van der Waals surface area contributed by atoms with Crippen LogP contribution in [0.2, 0.25) is 0 Å². The van der Waals surface area contributed by atoms with Crippen LogP contribution in [-0.2, 0) is 11.3 Å². The Labute approximate surface area is 203 Å². The molecule has 6 nitrogen and oxygen atoms in total. The number of hydrogen-bond donors (Lipinski definition) is 2. The molecule has 2 saturated heterocycles. The van der Waals surface area contributed by atoms with Crippen molar-refractivity contribution >= 4 is 40.4 Å². The van der Waals surface area contributed by atoms with E-state index in [2.05, 4.69) is 33.0 Å². The van der Waals surface area contributed by atoms with E-state index in [0.717, 1.165) is 50.9 Å². The minimum Gasteiger partial charge on any atom is -0.442 e. The summed E-state index contributed by atoms with van der Waals surface area (Å²) >= 11 is 7.04. The summed E-state index contributed by atoms with van der Waals surface area (Å²) in [4.78, 5) is 17.7. The number of ether oxygens (including phenoxy) is 1. The lowest BCUT2D eigenvalue weighted by molar-refractivity contribution is 0.143. The van der Waals surface area contributed by atoms with Crippen LogP contribution in [0.25, 0.3) is 0 Å². The molecular weight excluding hydrogens is 459 g/mol. The third kappa shape index (κ3) is 5.65. The fraction of sp³-hybridized carbons (Fsp3) is 0.500. The number of anilines is 1. The zero-order chi connectivity index (χ0) is 22.8. The van der Waals surface area contributed by atoms with Crippen molar-refractivity contribution in [1.82, 2.24) is 15.5 Å². The number of carbonyl (C=O) groups is 1. The zero-order valence-electron chi connectivity index (χ0n) is 18.5. The molecule has 1 atom stereocenters. The molecule has 2 aliphatic heterocycles. The van der Waals surface area contributed by atoms with Gasteiger partial charge in [0.25, 0.3) is 0 Å². The van der Waals surface area contributed by atoms with Gasteiger partial charge in [-0.3, -0.25) is 9.80 Å². The van der Waals surface area contributed by atoms with Crippen molar-refractivity contribution in [3.8, 4) is 0 Å². The molecule has 1 saturated carbocycles. The molecule has 0 bridgehead atoms. The van der Waals surface area contributed by atoms with Crippen LogP contribution in [0.1, 0.15) is 42.0 Å². The van der Waals surface area contributed by atoms with Crippen LogP contribution in [0.5, 0.6) is 0 Å². The lowest BCUT2D eigenvalue weighted by atomic mass is 9.89. The summed E-state index contributed by atoms with van der Waals surface area (Å²) in [6.07, 6.45) is 3.39. The van der Waals surface area contributed by atoms with E-state index in [1.54, 1.807) is 11.3 Å². The summed E-state index contributed by atoms with van der Waals surface area (Å²) in [5, 5.41) is 9.01. The molecule has 0 spiro atoms. The van der Waals surface area contributed by atoms with Gasteiger partial charge in [-0.05, 0) is 86.1 Å². The lowest BCUT2D eigenvalue weighted by Crippen LogP contribution is -2.41. The molecule has 176 valence electrons. The normalized spacial score (nSPS) is 21.8. The topological polar surface area (TPSA) is 56.8 Å². The smallest absolute Gasteiger partial charge is 0.414 e. The van der Waals surface area contributed by atoms with Crippen LogP contribution in [0.4, 0.5) is 14.9 Å². The highest BCUT2D eigenvalue weighted by Gasteiger charge is 2.33. The molecule has 5 rings (SSSR count). The van der Waals surface area contributed by atoms with Gasteiger partial charge >= 0.3 is 6.09 Å². The van der Waals surface area contributed by atoms with Gasteiger partial charge in [-0.1, -0.05) is 12.1 Å². The van der Waals surface area contributed by atoms with Crippen molar-refractivity contribution in [1.29, 1.82) is 0 Å². The van der Waals surface area contributed by atoms with Crippen LogP contribution in [0.3, 0.4) is 0 Å². The molecule has 9 heteroatoms. The molecule has 1 amide bonds. The summed E-state index contributed by atoms with van der Waals surface area (Å²) < 4.78 is 20.5. The first kappa shape index (κ1) is 22.6. The summed E-state index contributed by atoms with van der Waals surface area (Å²) in [5.74, 6) is -0.0329. The molecule has 1 aliphatic carbocycles. The number of nitrogens with zero attached hydrogens (tertiary/aromatic N) is 2. The molecule has 2 aromatic rings. The SMILES string of the molecule is O=C1OC(CNC(=S)NC2CC2)CN1c1ccc(C2CCN(Cc3cccs3)CC2)c(F)c1. The first-order valence-corrected chi connectivity index (χ1v) is 12.9. The van der Waals surface area contributed by atoms with Gasteiger partial charge in [0.2, 0.25) is 0 Å². The maximum atomic E-state index is 15.1. The maximum absolute atomic E-state index is 15.1. The van der Waals surface area contributed by atoms with Crippen LogP contribution in [0.15, 0.2) is 35.7 Å². The quantitative estimate of drug-likeness (QED) is 0.570. The molecule has 33 heavy (non-hydrogen) atoms. The predicted octanol–water partition coefficient (Wildman–Crippen LogP) is 4.22. The molecule has 1 aromatic carbocycles. The van der Waals surface area contributed by atoms with E-state index in [-0.39, 0.29) is 17.8 Å². The Hall–Kier alpha value is -2.23. The summed E-state index contributed by atoms with van der Waals surface area (Å²) in [6.45, 7) is 3.71. The molecule has 3 heterocycles. The number of thiophene rings is 1. The molecule has 1 aromatic heterocycles. The minimum absolute atomic E-state index is 0.209. The van der Waals surface area contributed by atoms with E-state index < -0.39 is 6.09 Å². The van der Waals surface area contributed by atoms with Crippen molar-refractivity contribution in [3.05, 3.63) is 52.0 Å². The van der Waals surface area contributed by atoms with Crippen molar-refractivity contribution in [2.24, 2.45) is 0 Å².